The first-order valence-electron chi connectivity index (χ1n) is 6.80. The number of ether oxygens (including phenoxy) is 1. The lowest BCUT2D eigenvalue weighted by Gasteiger charge is -2.20. The summed E-state index contributed by atoms with van der Waals surface area (Å²) in [6.07, 6.45) is -9.00. The van der Waals surface area contributed by atoms with E-state index in [0.29, 0.717) is 0 Å². The molecule has 2 rings (SSSR count). The van der Waals surface area contributed by atoms with Crippen LogP contribution < -0.4 is 10.1 Å². The number of aromatic carboxylic acids is 1. The molecule has 5 nitrogen and oxygen atoms in total. The molecule has 2 aromatic carbocycles. The van der Waals surface area contributed by atoms with Gasteiger partial charge in [-0.05, 0) is 24.3 Å². The summed E-state index contributed by atoms with van der Waals surface area (Å²) in [5, 5.41) is 11.3. The predicted molar refractivity (Wildman–Crippen MR) is 79.4 cm³/mol. The average molecular weight is 357 g/mol. The number of para-hydroxylation sites is 1. The van der Waals surface area contributed by atoms with E-state index in [1.54, 1.807) is 6.07 Å². The van der Waals surface area contributed by atoms with E-state index >= 15 is 0 Å². The van der Waals surface area contributed by atoms with Gasteiger partial charge in [-0.2, -0.15) is 17.6 Å². The van der Waals surface area contributed by atoms with Gasteiger partial charge < -0.3 is 15.2 Å². The number of benzene rings is 2. The second-order valence-electron chi connectivity index (χ2n) is 4.77. The van der Waals surface area contributed by atoms with Crippen LogP contribution in [0.15, 0.2) is 48.5 Å². The first-order valence-corrected chi connectivity index (χ1v) is 6.80. The molecule has 0 aliphatic rings. The molecule has 1 amide bonds. The van der Waals surface area contributed by atoms with Crippen molar-refractivity contribution in [2.45, 2.75) is 12.5 Å². The van der Waals surface area contributed by atoms with Crippen LogP contribution >= 0.6 is 0 Å². The summed E-state index contributed by atoms with van der Waals surface area (Å²) >= 11 is 0. The van der Waals surface area contributed by atoms with Gasteiger partial charge in [-0.3, -0.25) is 4.79 Å². The van der Waals surface area contributed by atoms with Crippen LogP contribution in [-0.2, 0) is 0 Å². The average Bonchev–Trinajstić information content (AvgIpc) is 2.56. The van der Waals surface area contributed by atoms with Crippen molar-refractivity contribution in [3.05, 3.63) is 59.7 Å². The monoisotopic (exact) mass is 357 g/mol. The van der Waals surface area contributed by atoms with Gasteiger partial charge in [-0.25, -0.2) is 4.79 Å². The topological polar surface area (TPSA) is 75.6 Å². The standard InChI is InChI=1S/C16H11F4NO4/c17-15(18)16(19,20)25-11-8-4-7-10(14(23)24)12(11)21-13(22)9-5-2-1-3-6-9/h1-8,15H,(H,21,22)(H,23,24). The third kappa shape index (κ3) is 4.25. The van der Waals surface area contributed by atoms with Crippen LogP contribution in [0.1, 0.15) is 20.7 Å². The molecule has 0 aliphatic carbocycles. The lowest BCUT2D eigenvalue weighted by atomic mass is 10.1. The summed E-state index contributed by atoms with van der Waals surface area (Å²) < 4.78 is 55.0. The Kier molecular flexibility index (Phi) is 5.26. The van der Waals surface area contributed by atoms with Gasteiger partial charge in [-0.1, -0.05) is 24.3 Å². The van der Waals surface area contributed by atoms with Crippen molar-refractivity contribution < 1.29 is 37.0 Å². The molecule has 0 spiro atoms. The molecule has 0 saturated carbocycles. The Morgan fingerprint density at radius 1 is 1.04 bits per heavy atom. The minimum Gasteiger partial charge on any atom is -0.478 e. The molecule has 0 radical (unpaired) electrons. The highest BCUT2D eigenvalue weighted by Crippen LogP contribution is 2.35. The summed E-state index contributed by atoms with van der Waals surface area (Å²) in [4.78, 5) is 23.4. The minimum absolute atomic E-state index is 0.106. The Hall–Kier alpha value is -3.10. The van der Waals surface area contributed by atoms with E-state index in [9.17, 15) is 27.2 Å². The molecule has 2 N–H and O–H groups in total. The fraction of sp³-hybridized carbons (Fsp3) is 0.125. The molecule has 0 fully saturated rings. The number of carbonyl (C=O) groups excluding carboxylic acids is 1. The van der Waals surface area contributed by atoms with Gasteiger partial charge in [0.1, 0.15) is 0 Å². The van der Waals surface area contributed by atoms with E-state index in [-0.39, 0.29) is 5.56 Å². The van der Waals surface area contributed by atoms with Gasteiger partial charge in [0.05, 0.1) is 11.3 Å². The van der Waals surface area contributed by atoms with Gasteiger partial charge in [0, 0.05) is 5.56 Å². The maximum Gasteiger partial charge on any atom is 0.461 e. The Morgan fingerprint density at radius 3 is 2.24 bits per heavy atom. The molecule has 132 valence electrons. The summed E-state index contributed by atoms with van der Waals surface area (Å²) in [6.45, 7) is 0. The fourth-order valence-electron chi connectivity index (χ4n) is 1.89. The third-order valence-electron chi connectivity index (χ3n) is 3.03. The van der Waals surface area contributed by atoms with Crippen LogP contribution in [0.3, 0.4) is 0 Å². The molecule has 9 heteroatoms. The third-order valence-corrected chi connectivity index (χ3v) is 3.03. The quantitative estimate of drug-likeness (QED) is 0.770. The smallest absolute Gasteiger partial charge is 0.461 e. The van der Waals surface area contributed by atoms with Crippen LogP contribution in [0.2, 0.25) is 0 Å². The van der Waals surface area contributed by atoms with Gasteiger partial charge in [0.2, 0.25) is 0 Å². The molecular weight excluding hydrogens is 346 g/mol. The number of hydrogen-bond donors (Lipinski definition) is 2. The highest BCUT2D eigenvalue weighted by Gasteiger charge is 2.44. The van der Waals surface area contributed by atoms with Crippen LogP contribution in [0, 0.1) is 0 Å². The number of halogens is 4. The van der Waals surface area contributed by atoms with Crippen molar-refractivity contribution >= 4 is 17.6 Å². The van der Waals surface area contributed by atoms with Gasteiger partial charge in [-0.15, -0.1) is 0 Å². The first kappa shape index (κ1) is 18.2. The van der Waals surface area contributed by atoms with Crippen molar-refractivity contribution in [3.8, 4) is 5.75 Å². The van der Waals surface area contributed by atoms with Crippen molar-refractivity contribution in [3.63, 3.8) is 0 Å². The van der Waals surface area contributed by atoms with E-state index in [0.717, 1.165) is 18.2 Å². The van der Waals surface area contributed by atoms with Crippen LogP contribution in [-0.4, -0.2) is 29.5 Å². The SMILES string of the molecule is O=C(Nc1c(OC(F)(F)C(F)F)cccc1C(=O)O)c1ccccc1. The molecule has 2 aromatic rings. The molecule has 0 aliphatic heterocycles. The summed E-state index contributed by atoms with van der Waals surface area (Å²) in [5.41, 5.74) is -1.13. The summed E-state index contributed by atoms with van der Waals surface area (Å²) in [6, 6.07) is 10.4. The van der Waals surface area contributed by atoms with Crippen molar-refractivity contribution in [2.75, 3.05) is 5.32 Å². The zero-order valence-electron chi connectivity index (χ0n) is 12.4. The Labute approximate surface area is 138 Å². The number of carboxylic acid groups (broad SMARTS) is 1. The second-order valence-corrected chi connectivity index (χ2v) is 4.77. The zero-order chi connectivity index (χ0) is 18.6. The van der Waals surface area contributed by atoms with E-state index < -0.39 is 41.4 Å². The Morgan fingerprint density at radius 2 is 1.68 bits per heavy atom. The number of nitrogens with one attached hydrogen (secondary N) is 1. The van der Waals surface area contributed by atoms with E-state index in [4.69, 9.17) is 5.11 Å². The van der Waals surface area contributed by atoms with E-state index in [1.807, 2.05) is 0 Å². The minimum atomic E-state index is -4.86. The largest absolute Gasteiger partial charge is 0.478 e. The Bertz CT molecular complexity index is 781. The van der Waals surface area contributed by atoms with Gasteiger partial charge in [0.15, 0.2) is 5.75 Å². The highest BCUT2D eigenvalue weighted by atomic mass is 19.3. The second kappa shape index (κ2) is 7.20. The fourth-order valence-corrected chi connectivity index (χ4v) is 1.89. The number of carboxylic acids is 1. The number of carbonyl (C=O) groups is 2. The summed E-state index contributed by atoms with van der Waals surface area (Å²) in [7, 11) is 0. The molecule has 0 heterocycles. The highest BCUT2D eigenvalue weighted by molar-refractivity contribution is 6.08. The van der Waals surface area contributed by atoms with Crippen LogP contribution in [0.25, 0.3) is 0 Å². The first-order chi connectivity index (χ1) is 11.7. The van der Waals surface area contributed by atoms with E-state index in [2.05, 4.69) is 10.1 Å². The van der Waals surface area contributed by atoms with Crippen molar-refractivity contribution in [2.24, 2.45) is 0 Å². The number of hydrogen-bond acceptors (Lipinski definition) is 3. The molecule has 0 unspecified atom stereocenters. The molecule has 0 bridgehead atoms. The number of rotatable bonds is 6. The lowest BCUT2D eigenvalue weighted by molar-refractivity contribution is -0.252. The van der Waals surface area contributed by atoms with E-state index in [1.165, 1.54) is 24.3 Å². The van der Waals surface area contributed by atoms with Gasteiger partial charge in [0.25, 0.3) is 5.91 Å². The Balaban J connectivity index is 2.43. The molecule has 25 heavy (non-hydrogen) atoms. The maximum absolute atomic E-state index is 13.2. The normalized spacial score (nSPS) is 11.2. The maximum atomic E-state index is 13.2. The lowest BCUT2D eigenvalue weighted by Crippen LogP contribution is -2.34. The molecule has 0 aromatic heterocycles. The summed E-state index contributed by atoms with van der Waals surface area (Å²) in [5.74, 6) is -3.27. The molecule has 0 saturated heterocycles. The molecule has 0 atom stereocenters. The molecular formula is C16H11F4NO4. The number of amides is 1. The zero-order valence-corrected chi connectivity index (χ0v) is 12.4. The van der Waals surface area contributed by atoms with Crippen LogP contribution in [0.5, 0.6) is 5.75 Å². The van der Waals surface area contributed by atoms with Gasteiger partial charge >= 0.3 is 18.5 Å². The van der Waals surface area contributed by atoms with Crippen LogP contribution in [0.4, 0.5) is 23.2 Å². The predicted octanol–water partition coefficient (Wildman–Crippen LogP) is 3.87. The number of alkyl halides is 4. The van der Waals surface area contributed by atoms with Crippen molar-refractivity contribution in [1.82, 2.24) is 0 Å². The van der Waals surface area contributed by atoms with Crippen molar-refractivity contribution in [1.29, 1.82) is 0 Å². The number of anilines is 1.